The predicted molar refractivity (Wildman–Crippen MR) is 103 cm³/mol. The van der Waals surface area contributed by atoms with Gasteiger partial charge >= 0.3 is 0 Å². The Morgan fingerprint density at radius 3 is 2.50 bits per heavy atom. The number of rotatable bonds is 7. The first-order valence-electron chi connectivity index (χ1n) is 9.36. The predicted octanol–water partition coefficient (Wildman–Crippen LogP) is 2.35. The maximum atomic E-state index is 12.7. The van der Waals surface area contributed by atoms with E-state index in [1.54, 1.807) is 19.2 Å². The second kappa shape index (κ2) is 8.97. The Morgan fingerprint density at radius 2 is 1.92 bits per heavy atom. The zero-order valence-corrected chi connectivity index (χ0v) is 16.8. The van der Waals surface area contributed by atoms with Crippen LogP contribution >= 0.6 is 0 Å². The SMILES string of the molecule is CC(C)N(C)S(=O)(=O)c1cccc(C(=O)NC(CN)C2CCCCC2)c1. The summed E-state index contributed by atoms with van der Waals surface area (Å²) in [6, 6.07) is 5.98. The minimum atomic E-state index is -3.62. The van der Waals surface area contributed by atoms with Gasteiger partial charge in [0, 0.05) is 31.2 Å². The van der Waals surface area contributed by atoms with E-state index in [9.17, 15) is 13.2 Å². The monoisotopic (exact) mass is 381 g/mol. The van der Waals surface area contributed by atoms with Crippen LogP contribution in [0.2, 0.25) is 0 Å². The van der Waals surface area contributed by atoms with Crippen molar-refractivity contribution in [1.82, 2.24) is 9.62 Å². The summed E-state index contributed by atoms with van der Waals surface area (Å²) in [5, 5.41) is 3.01. The number of nitrogens with two attached hydrogens (primary N) is 1. The van der Waals surface area contributed by atoms with E-state index in [2.05, 4.69) is 5.32 Å². The van der Waals surface area contributed by atoms with Crippen molar-refractivity contribution in [2.24, 2.45) is 11.7 Å². The van der Waals surface area contributed by atoms with Crippen LogP contribution in [0.4, 0.5) is 0 Å². The van der Waals surface area contributed by atoms with E-state index < -0.39 is 10.0 Å². The van der Waals surface area contributed by atoms with Crippen molar-refractivity contribution in [2.45, 2.75) is 62.9 Å². The van der Waals surface area contributed by atoms with E-state index in [1.807, 2.05) is 13.8 Å². The zero-order chi connectivity index (χ0) is 19.3. The van der Waals surface area contributed by atoms with Crippen molar-refractivity contribution in [3.8, 4) is 0 Å². The molecular formula is C19H31N3O3S. The lowest BCUT2D eigenvalue weighted by Crippen LogP contribution is -2.46. The molecule has 0 saturated heterocycles. The van der Waals surface area contributed by atoms with Gasteiger partial charge in [-0.25, -0.2) is 8.42 Å². The summed E-state index contributed by atoms with van der Waals surface area (Å²) < 4.78 is 26.6. The summed E-state index contributed by atoms with van der Waals surface area (Å²) in [5.41, 5.74) is 6.23. The Bertz CT molecular complexity index is 712. The fourth-order valence-electron chi connectivity index (χ4n) is 3.40. The summed E-state index contributed by atoms with van der Waals surface area (Å²) in [6.45, 7) is 4.01. The van der Waals surface area contributed by atoms with Crippen LogP contribution < -0.4 is 11.1 Å². The molecule has 1 aliphatic carbocycles. The van der Waals surface area contributed by atoms with E-state index in [0.29, 0.717) is 18.0 Å². The maximum Gasteiger partial charge on any atom is 0.251 e. The molecule has 0 spiro atoms. The van der Waals surface area contributed by atoms with Crippen molar-refractivity contribution in [2.75, 3.05) is 13.6 Å². The standard InChI is InChI=1S/C19H31N3O3S/c1-14(2)22(3)26(24,25)17-11-7-10-16(12-17)19(23)21-18(13-20)15-8-5-4-6-9-15/h7,10-12,14-15,18H,4-6,8-9,13,20H2,1-3H3,(H,21,23). The second-order valence-electron chi connectivity index (χ2n) is 7.36. The molecular weight excluding hydrogens is 350 g/mol. The molecule has 0 aromatic heterocycles. The number of hydrogen-bond donors (Lipinski definition) is 2. The molecule has 1 fully saturated rings. The lowest BCUT2D eigenvalue weighted by Gasteiger charge is -2.30. The smallest absolute Gasteiger partial charge is 0.251 e. The number of carbonyl (C=O) groups is 1. The van der Waals surface area contributed by atoms with Crippen LogP contribution in [0.1, 0.15) is 56.3 Å². The number of nitrogens with one attached hydrogen (secondary N) is 1. The molecule has 1 saturated carbocycles. The molecule has 0 aliphatic heterocycles. The van der Waals surface area contributed by atoms with Gasteiger partial charge in [-0.1, -0.05) is 25.3 Å². The summed E-state index contributed by atoms with van der Waals surface area (Å²) in [6.07, 6.45) is 5.75. The van der Waals surface area contributed by atoms with Gasteiger partial charge in [0.05, 0.1) is 4.90 Å². The van der Waals surface area contributed by atoms with E-state index in [-0.39, 0.29) is 22.9 Å². The minimum Gasteiger partial charge on any atom is -0.348 e. The summed E-state index contributed by atoms with van der Waals surface area (Å²) >= 11 is 0. The normalized spacial score (nSPS) is 17.5. The van der Waals surface area contributed by atoms with Crippen LogP contribution in [0.3, 0.4) is 0 Å². The second-order valence-corrected chi connectivity index (χ2v) is 9.35. The van der Waals surface area contributed by atoms with Gasteiger partial charge in [0.15, 0.2) is 0 Å². The lowest BCUT2D eigenvalue weighted by molar-refractivity contribution is 0.0915. The van der Waals surface area contributed by atoms with Crippen molar-refractivity contribution in [3.63, 3.8) is 0 Å². The van der Waals surface area contributed by atoms with Crippen LogP contribution in [0.5, 0.6) is 0 Å². The molecule has 0 radical (unpaired) electrons. The fraction of sp³-hybridized carbons (Fsp3) is 0.632. The molecule has 1 aromatic rings. The van der Waals surface area contributed by atoms with E-state index in [4.69, 9.17) is 5.73 Å². The number of carbonyl (C=O) groups excluding carboxylic acids is 1. The summed E-state index contributed by atoms with van der Waals surface area (Å²) in [7, 11) is -2.08. The highest BCUT2D eigenvalue weighted by molar-refractivity contribution is 7.89. The minimum absolute atomic E-state index is 0.0681. The third-order valence-corrected chi connectivity index (χ3v) is 7.32. The van der Waals surface area contributed by atoms with Crippen LogP contribution in [0.25, 0.3) is 0 Å². The highest BCUT2D eigenvalue weighted by Gasteiger charge is 2.26. The van der Waals surface area contributed by atoms with Crippen LogP contribution in [0.15, 0.2) is 29.2 Å². The number of nitrogens with zero attached hydrogens (tertiary/aromatic N) is 1. The maximum absolute atomic E-state index is 12.7. The van der Waals surface area contributed by atoms with Gasteiger partial charge in [0.2, 0.25) is 10.0 Å². The van der Waals surface area contributed by atoms with Crippen LogP contribution in [0, 0.1) is 5.92 Å². The van der Waals surface area contributed by atoms with Crippen molar-refractivity contribution in [1.29, 1.82) is 0 Å². The lowest BCUT2D eigenvalue weighted by atomic mass is 9.84. The van der Waals surface area contributed by atoms with Gasteiger partial charge in [0.25, 0.3) is 5.91 Å². The first-order chi connectivity index (χ1) is 12.3. The molecule has 0 bridgehead atoms. The van der Waals surface area contributed by atoms with Gasteiger partial charge in [-0.05, 0) is 50.8 Å². The molecule has 1 atom stereocenters. The quantitative estimate of drug-likeness (QED) is 0.758. The molecule has 146 valence electrons. The topological polar surface area (TPSA) is 92.5 Å². The van der Waals surface area contributed by atoms with Crippen LogP contribution in [-0.4, -0.2) is 44.3 Å². The van der Waals surface area contributed by atoms with Crippen molar-refractivity contribution < 1.29 is 13.2 Å². The highest BCUT2D eigenvalue weighted by atomic mass is 32.2. The number of benzene rings is 1. The Balaban J connectivity index is 2.17. The average molecular weight is 382 g/mol. The average Bonchev–Trinajstić information content (AvgIpc) is 2.65. The zero-order valence-electron chi connectivity index (χ0n) is 15.9. The first-order valence-corrected chi connectivity index (χ1v) is 10.8. The molecule has 6 nitrogen and oxygen atoms in total. The third-order valence-electron chi connectivity index (χ3n) is 5.29. The molecule has 7 heteroatoms. The molecule has 26 heavy (non-hydrogen) atoms. The van der Waals surface area contributed by atoms with Gasteiger partial charge in [0.1, 0.15) is 0 Å². The number of hydrogen-bond acceptors (Lipinski definition) is 4. The molecule has 0 heterocycles. The van der Waals surface area contributed by atoms with Crippen molar-refractivity contribution in [3.05, 3.63) is 29.8 Å². The van der Waals surface area contributed by atoms with E-state index in [1.165, 1.54) is 35.7 Å². The Hall–Kier alpha value is -1.44. The number of sulfonamides is 1. The van der Waals surface area contributed by atoms with Gasteiger partial charge in [-0.15, -0.1) is 0 Å². The summed E-state index contributed by atoms with van der Waals surface area (Å²) in [5.74, 6) is 0.131. The van der Waals surface area contributed by atoms with E-state index in [0.717, 1.165) is 12.8 Å². The highest BCUT2D eigenvalue weighted by Crippen LogP contribution is 2.26. The summed E-state index contributed by atoms with van der Waals surface area (Å²) in [4.78, 5) is 12.8. The van der Waals surface area contributed by atoms with Crippen LogP contribution in [-0.2, 0) is 10.0 Å². The molecule has 2 rings (SSSR count). The molecule has 3 N–H and O–H groups in total. The fourth-order valence-corrected chi connectivity index (χ4v) is 4.81. The first kappa shape index (κ1) is 20.9. The van der Waals surface area contributed by atoms with E-state index >= 15 is 0 Å². The Kier molecular flexibility index (Phi) is 7.20. The molecule has 1 aliphatic rings. The van der Waals surface area contributed by atoms with Gasteiger partial charge < -0.3 is 11.1 Å². The Morgan fingerprint density at radius 1 is 1.27 bits per heavy atom. The van der Waals surface area contributed by atoms with Gasteiger partial charge in [-0.2, -0.15) is 4.31 Å². The molecule has 1 unspecified atom stereocenters. The van der Waals surface area contributed by atoms with Gasteiger partial charge in [-0.3, -0.25) is 4.79 Å². The molecule has 1 aromatic carbocycles. The Labute approximate surface area is 157 Å². The van der Waals surface area contributed by atoms with Crippen molar-refractivity contribution >= 4 is 15.9 Å². The largest absolute Gasteiger partial charge is 0.348 e. The number of amides is 1. The third kappa shape index (κ3) is 4.84. The molecule has 1 amide bonds.